The molecule has 5 nitrogen and oxygen atoms in total. The fourth-order valence-corrected chi connectivity index (χ4v) is 7.42. The quantitative estimate of drug-likeness (QED) is 0.321. The minimum atomic E-state index is -1.23. The number of carbonyl (C=O) groups is 2. The maximum atomic E-state index is 12.7. The molecule has 0 aromatic carbocycles. The average molecular weight is 382 g/mol. The molecule has 5 rings (SSSR count). The van der Waals surface area contributed by atoms with Gasteiger partial charge in [-0.3, -0.25) is 4.79 Å². The van der Waals surface area contributed by atoms with E-state index in [9.17, 15) is 19.8 Å². The Morgan fingerprint density at radius 2 is 2.12 bits per heavy atom. The molecular formula is C20H23KO5. The van der Waals surface area contributed by atoms with Crippen LogP contribution in [0.1, 0.15) is 39.5 Å². The van der Waals surface area contributed by atoms with Crippen LogP contribution in [0.25, 0.3) is 0 Å². The Kier molecular flexibility index (Phi) is 3.97. The third-order valence-corrected chi connectivity index (χ3v) is 8.54. The number of hydrogen-bond donors (Lipinski definition) is 1. The second-order valence-corrected chi connectivity index (χ2v) is 9.45. The van der Waals surface area contributed by atoms with E-state index in [2.05, 4.69) is 13.5 Å². The van der Waals surface area contributed by atoms with Gasteiger partial charge in [0.2, 0.25) is 0 Å². The number of carboxylic acid groups (broad SMARTS) is 1. The molecule has 1 saturated heterocycles. The molecule has 1 spiro atoms. The van der Waals surface area contributed by atoms with Crippen LogP contribution in [-0.4, -0.2) is 28.8 Å². The molecule has 134 valence electrons. The van der Waals surface area contributed by atoms with E-state index in [4.69, 9.17) is 4.74 Å². The second-order valence-electron chi connectivity index (χ2n) is 9.45. The summed E-state index contributed by atoms with van der Waals surface area (Å²) in [5, 5.41) is 22.9. The molecule has 0 aromatic rings. The molecule has 0 radical (unpaired) electrons. The van der Waals surface area contributed by atoms with Crippen molar-refractivity contribution < 1.29 is 75.9 Å². The summed E-state index contributed by atoms with van der Waals surface area (Å²) in [6.07, 6.45) is 5.51. The van der Waals surface area contributed by atoms with E-state index in [1.165, 1.54) is 0 Å². The van der Waals surface area contributed by atoms with Crippen LogP contribution in [0.5, 0.6) is 0 Å². The van der Waals surface area contributed by atoms with Crippen molar-refractivity contribution in [2.45, 2.75) is 51.2 Å². The molecule has 26 heavy (non-hydrogen) atoms. The number of carbonyl (C=O) groups excluding carboxylic acids is 2. The van der Waals surface area contributed by atoms with Gasteiger partial charge in [-0.05, 0) is 49.5 Å². The van der Waals surface area contributed by atoms with Crippen molar-refractivity contribution in [1.82, 2.24) is 0 Å². The largest absolute Gasteiger partial charge is 1.00 e. The van der Waals surface area contributed by atoms with Crippen molar-refractivity contribution in [3.63, 3.8) is 0 Å². The van der Waals surface area contributed by atoms with Crippen LogP contribution < -0.4 is 56.5 Å². The smallest absolute Gasteiger partial charge is 0.550 e. The number of hydrogen-bond acceptors (Lipinski definition) is 5. The number of allylic oxidation sites excluding steroid dienone is 1. The van der Waals surface area contributed by atoms with Gasteiger partial charge in [-0.15, -0.1) is 0 Å². The summed E-state index contributed by atoms with van der Waals surface area (Å²) in [6.45, 7) is 8.08. The van der Waals surface area contributed by atoms with Gasteiger partial charge in [-0.1, -0.05) is 25.2 Å². The summed E-state index contributed by atoms with van der Waals surface area (Å²) in [5.74, 6) is -3.07. The Morgan fingerprint density at radius 3 is 2.77 bits per heavy atom. The van der Waals surface area contributed by atoms with Gasteiger partial charge >= 0.3 is 57.4 Å². The van der Waals surface area contributed by atoms with Gasteiger partial charge in [0.05, 0.1) is 6.10 Å². The van der Waals surface area contributed by atoms with E-state index in [0.29, 0.717) is 6.42 Å². The van der Waals surface area contributed by atoms with Gasteiger partial charge in [0.1, 0.15) is 11.0 Å². The third-order valence-electron chi connectivity index (χ3n) is 8.54. The van der Waals surface area contributed by atoms with E-state index >= 15 is 0 Å². The van der Waals surface area contributed by atoms with E-state index in [0.717, 1.165) is 24.8 Å². The molecule has 1 N–H and O–H groups in total. The van der Waals surface area contributed by atoms with E-state index in [-0.39, 0.29) is 62.7 Å². The Hall–Kier alpha value is 0.0164. The summed E-state index contributed by atoms with van der Waals surface area (Å²) in [7, 11) is 0. The fourth-order valence-electron chi connectivity index (χ4n) is 7.42. The van der Waals surface area contributed by atoms with Crippen LogP contribution in [0.2, 0.25) is 0 Å². The zero-order valence-electron chi connectivity index (χ0n) is 15.6. The molecular weight excluding hydrogens is 359 g/mol. The predicted octanol–water partition coefficient (Wildman–Crippen LogP) is -2.03. The second kappa shape index (κ2) is 5.33. The van der Waals surface area contributed by atoms with E-state index < -0.39 is 46.3 Å². The molecule has 0 aromatic heterocycles. The zero-order valence-corrected chi connectivity index (χ0v) is 18.7. The van der Waals surface area contributed by atoms with Gasteiger partial charge in [0, 0.05) is 23.7 Å². The van der Waals surface area contributed by atoms with Crippen molar-refractivity contribution in [2.75, 3.05) is 0 Å². The predicted molar refractivity (Wildman–Crippen MR) is 85.7 cm³/mol. The summed E-state index contributed by atoms with van der Waals surface area (Å²) < 4.78 is 5.93. The first-order valence-electron chi connectivity index (χ1n) is 9.12. The molecule has 4 unspecified atom stereocenters. The van der Waals surface area contributed by atoms with Crippen LogP contribution in [0.3, 0.4) is 0 Å². The topological polar surface area (TPSA) is 86.7 Å². The number of aliphatic hydroxyl groups excluding tert-OH is 1. The molecule has 4 bridgehead atoms. The minimum Gasteiger partial charge on any atom is -0.550 e. The molecule has 5 aliphatic rings. The van der Waals surface area contributed by atoms with Gasteiger partial charge in [-0.25, -0.2) is 0 Å². The standard InChI is InChI=1S/C20H24O5.K/c1-10-8-19-9-17(10,2)6-4-11(19)20-7-5-12(21)18(3,16(24)25-20)14(20)13(19)15(22)23;/h5,7,11-14,21H,1,4,6,8-9H2,2-3H3,(H,22,23);/q;+1/p-1/t11?,12-,13+,14?,17+,18-,19?,20?;/m0./s1. The molecule has 4 fully saturated rings. The van der Waals surface area contributed by atoms with Crippen LogP contribution in [-0.2, 0) is 14.3 Å². The Morgan fingerprint density at radius 1 is 1.42 bits per heavy atom. The Bertz CT molecular complexity index is 776. The monoisotopic (exact) mass is 382 g/mol. The van der Waals surface area contributed by atoms with Crippen molar-refractivity contribution >= 4 is 11.9 Å². The van der Waals surface area contributed by atoms with E-state index in [1.807, 2.05) is 0 Å². The normalized spacial score (nSPS) is 55.8. The summed E-state index contributed by atoms with van der Waals surface area (Å²) >= 11 is 0. The molecule has 0 amide bonds. The maximum absolute atomic E-state index is 12.7. The number of aliphatic hydroxyl groups is 1. The SMILES string of the molecule is C=C1CC23C[C@@]1(C)CCC2C12C=C[C@H](O)[C@](C)(C(=O)O1)C2[C@@H]3C(=O)[O-].[K+]. The number of fused-ring (bicyclic) bond motifs is 1. The molecule has 8 atom stereocenters. The summed E-state index contributed by atoms with van der Waals surface area (Å²) in [5.41, 5.74) is -1.61. The third kappa shape index (κ3) is 1.80. The Labute approximate surface area is 195 Å². The zero-order chi connectivity index (χ0) is 18.0. The first kappa shape index (κ1) is 19.3. The van der Waals surface area contributed by atoms with Crippen molar-refractivity contribution in [3.05, 3.63) is 24.3 Å². The summed E-state index contributed by atoms with van der Waals surface area (Å²) in [4.78, 5) is 25.1. The fraction of sp³-hybridized carbons (Fsp3) is 0.700. The van der Waals surface area contributed by atoms with Crippen LogP contribution in [0.4, 0.5) is 0 Å². The van der Waals surface area contributed by atoms with Crippen molar-refractivity contribution in [1.29, 1.82) is 0 Å². The number of carboxylic acids is 1. The first-order chi connectivity index (χ1) is 11.6. The maximum Gasteiger partial charge on any atom is 1.00 e. The number of rotatable bonds is 1. The molecule has 4 aliphatic carbocycles. The number of ether oxygens (including phenoxy) is 1. The minimum absolute atomic E-state index is 0. The van der Waals surface area contributed by atoms with E-state index in [1.54, 1.807) is 19.1 Å². The van der Waals surface area contributed by atoms with Crippen LogP contribution in [0, 0.1) is 34.0 Å². The molecule has 1 aliphatic heterocycles. The number of esters is 1. The Balaban J connectivity index is 0.00000168. The van der Waals surface area contributed by atoms with Crippen LogP contribution >= 0.6 is 0 Å². The van der Waals surface area contributed by atoms with Crippen LogP contribution in [0.15, 0.2) is 24.3 Å². The number of aliphatic carboxylic acids is 1. The van der Waals surface area contributed by atoms with Gasteiger partial charge in [0.25, 0.3) is 0 Å². The first-order valence-corrected chi connectivity index (χ1v) is 9.12. The molecule has 3 saturated carbocycles. The molecule has 1 heterocycles. The van der Waals surface area contributed by atoms with Crippen molar-refractivity contribution in [2.24, 2.45) is 34.0 Å². The van der Waals surface area contributed by atoms with Crippen molar-refractivity contribution in [3.8, 4) is 0 Å². The van der Waals surface area contributed by atoms with Gasteiger partial charge < -0.3 is 19.7 Å². The summed E-state index contributed by atoms with van der Waals surface area (Å²) in [6, 6.07) is 0. The molecule has 6 heteroatoms. The van der Waals surface area contributed by atoms with Gasteiger partial charge in [-0.2, -0.15) is 0 Å². The van der Waals surface area contributed by atoms with Gasteiger partial charge in [0.15, 0.2) is 0 Å². The average Bonchev–Trinajstić information content (AvgIpc) is 2.95.